The van der Waals surface area contributed by atoms with Crippen LogP contribution in [0, 0.1) is 18.3 Å². The van der Waals surface area contributed by atoms with E-state index in [2.05, 4.69) is 26.2 Å². The molecule has 0 saturated heterocycles. The monoisotopic (exact) mass is 364 g/mol. The highest BCUT2D eigenvalue weighted by molar-refractivity contribution is 5.91. The first-order chi connectivity index (χ1) is 13.0. The molecule has 136 valence electrons. The van der Waals surface area contributed by atoms with E-state index in [0.29, 0.717) is 28.9 Å². The molecule has 0 aliphatic rings. The summed E-state index contributed by atoms with van der Waals surface area (Å²) < 4.78 is 9.98. The number of ether oxygens (including phenoxy) is 1. The number of nitrogens with zero attached hydrogens (tertiary/aromatic N) is 6. The molecule has 27 heavy (non-hydrogen) atoms. The number of methoxy groups -OCH3 is 1. The third kappa shape index (κ3) is 3.74. The minimum absolute atomic E-state index is 0.235. The van der Waals surface area contributed by atoms with Crippen LogP contribution in [0.5, 0.6) is 0 Å². The van der Waals surface area contributed by atoms with Crippen molar-refractivity contribution in [3.05, 3.63) is 53.2 Å². The zero-order valence-corrected chi connectivity index (χ0v) is 15.0. The van der Waals surface area contributed by atoms with Crippen molar-refractivity contribution in [2.45, 2.75) is 13.5 Å². The maximum atomic E-state index is 11.8. The quantitative estimate of drug-likeness (QED) is 0.627. The number of carbonyl (C=O) groups is 1. The van der Waals surface area contributed by atoms with E-state index in [1.807, 2.05) is 6.07 Å². The fourth-order valence-electron chi connectivity index (χ4n) is 2.48. The molecule has 0 aromatic carbocycles. The molecule has 0 radical (unpaired) electrons. The lowest BCUT2D eigenvalue weighted by Crippen LogP contribution is -2.20. The summed E-state index contributed by atoms with van der Waals surface area (Å²) in [7, 11) is 3.02. The van der Waals surface area contributed by atoms with Crippen LogP contribution in [0.3, 0.4) is 0 Å². The number of hydrogen-bond donors (Lipinski definition) is 0. The molecule has 3 heterocycles. The SMILES string of the molecule is COC(=O)c1cc(C#N)c(N(C)Cc2nc(-c3ccccn3)no2)nc1C. The lowest BCUT2D eigenvalue weighted by Gasteiger charge is -2.18. The molecule has 0 saturated carbocycles. The fraction of sp³-hybridized carbons (Fsp3) is 0.222. The second-order valence-electron chi connectivity index (χ2n) is 5.68. The largest absolute Gasteiger partial charge is 0.465 e. The number of hydrogen-bond acceptors (Lipinski definition) is 9. The molecular formula is C18H16N6O3. The van der Waals surface area contributed by atoms with Crippen molar-refractivity contribution in [2.75, 3.05) is 19.1 Å². The van der Waals surface area contributed by atoms with Crippen LogP contribution in [-0.4, -0.2) is 40.2 Å². The molecule has 0 N–H and O–H groups in total. The summed E-state index contributed by atoms with van der Waals surface area (Å²) >= 11 is 0. The van der Waals surface area contributed by atoms with E-state index in [0.717, 1.165) is 0 Å². The van der Waals surface area contributed by atoms with Crippen LogP contribution in [0.4, 0.5) is 5.82 Å². The highest BCUT2D eigenvalue weighted by Crippen LogP contribution is 2.22. The molecular weight excluding hydrogens is 348 g/mol. The number of esters is 1. The Balaban J connectivity index is 1.85. The standard InChI is InChI=1S/C18H16N6O3/c1-11-13(18(25)26-3)8-12(9-19)17(21-11)24(2)10-15-22-16(23-27-15)14-6-4-5-7-20-14/h4-8H,10H2,1-3H3. The lowest BCUT2D eigenvalue weighted by molar-refractivity contribution is 0.0599. The van der Waals surface area contributed by atoms with Gasteiger partial charge in [-0.25, -0.2) is 9.78 Å². The smallest absolute Gasteiger partial charge is 0.339 e. The number of anilines is 1. The Labute approximate surface area is 155 Å². The van der Waals surface area contributed by atoms with Crippen molar-refractivity contribution in [1.82, 2.24) is 20.1 Å². The van der Waals surface area contributed by atoms with E-state index in [4.69, 9.17) is 9.26 Å². The van der Waals surface area contributed by atoms with Gasteiger partial charge in [0.15, 0.2) is 0 Å². The van der Waals surface area contributed by atoms with Gasteiger partial charge in [0, 0.05) is 13.2 Å². The molecule has 3 aromatic rings. The molecule has 0 atom stereocenters. The summed E-state index contributed by atoms with van der Waals surface area (Å²) in [4.78, 5) is 26.4. The zero-order chi connectivity index (χ0) is 19.4. The van der Waals surface area contributed by atoms with Gasteiger partial charge < -0.3 is 14.2 Å². The van der Waals surface area contributed by atoms with E-state index in [1.54, 1.807) is 37.2 Å². The van der Waals surface area contributed by atoms with E-state index in [-0.39, 0.29) is 17.7 Å². The molecule has 0 amide bonds. The van der Waals surface area contributed by atoms with Gasteiger partial charge in [-0.1, -0.05) is 11.2 Å². The van der Waals surface area contributed by atoms with Crippen LogP contribution in [-0.2, 0) is 11.3 Å². The fourth-order valence-corrected chi connectivity index (χ4v) is 2.48. The van der Waals surface area contributed by atoms with Crippen molar-refractivity contribution in [2.24, 2.45) is 0 Å². The van der Waals surface area contributed by atoms with E-state index in [9.17, 15) is 10.1 Å². The first kappa shape index (κ1) is 18.0. The van der Waals surface area contributed by atoms with Crippen LogP contribution in [0.25, 0.3) is 11.5 Å². The normalized spacial score (nSPS) is 10.3. The third-order valence-electron chi connectivity index (χ3n) is 3.81. The summed E-state index contributed by atoms with van der Waals surface area (Å²) in [6.07, 6.45) is 1.65. The number of pyridine rings is 2. The van der Waals surface area contributed by atoms with Gasteiger partial charge in [0.25, 0.3) is 0 Å². The van der Waals surface area contributed by atoms with E-state index >= 15 is 0 Å². The van der Waals surface area contributed by atoms with Crippen LogP contribution in [0.2, 0.25) is 0 Å². The maximum absolute atomic E-state index is 11.8. The maximum Gasteiger partial charge on any atom is 0.339 e. The minimum atomic E-state index is -0.539. The third-order valence-corrected chi connectivity index (χ3v) is 3.81. The van der Waals surface area contributed by atoms with Crippen LogP contribution < -0.4 is 4.90 Å². The van der Waals surface area contributed by atoms with Gasteiger partial charge >= 0.3 is 5.97 Å². The zero-order valence-electron chi connectivity index (χ0n) is 15.0. The summed E-state index contributed by atoms with van der Waals surface area (Å²) in [6, 6.07) is 8.93. The van der Waals surface area contributed by atoms with Crippen molar-refractivity contribution >= 4 is 11.8 Å². The molecule has 9 nitrogen and oxygen atoms in total. The second kappa shape index (κ2) is 7.61. The van der Waals surface area contributed by atoms with Gasteiger partial charge in [-0.3, -0.25) is 4.98 Å². The van der Waals surface area contributed by atoms with Gasteiger partial charge in [0.1, 0.15) is 17.6 Å². The van der Waals surface area contributed by atoms with Crippen LogP contribution in [0.1, 0.15) is 27.5 Å². The summed E-state index contributed by atoms with van der Waals surface area (Å²) in [5.41, 5.74) is 1.56. The molecule has 0 aliphatic heterocycles. The lowest BCUT2D eigenvalue weighted by atomic mass is 10.1. The number of aryl methyl sites for hydroxylation is 1. The number of carbonyl (C=O) groups excluding carboxylic acids is 1. The minimum Gasteiger partial charge on any atom is -0.465 e. The van der Waals surface area contributed by atoms with Crippen LogP contribution >= 0.6 is 0 Å². The Bertz CT molecular complexity index is 1010. The van der Waals surface area contributed by atoms with Gasteiger partial charge in [-0.15, -0.1) is 0 Å². The summed E-state index contributed by atoms with van der Waals surface area (Å²) in [6.45, 7) is 1.91. The summed E-state index contributed by atoms with van der Waals surface area (Å²) in [5.74, 6) is 0.589. The number of aromatic nitrogens is 4. The molecule has 0 aliphatic carbocycles. The van der Waals surface area contributed by atoms with Crippen molar-refractivity contribution in [3.63, 3.8) is 0 Å². The molecule has 0 fully saturated rings. The Morgan fingerprint density at radius 1 is 1.37 bits per heavy atom. The first-order valence-electron chi connectivity index (χ1n) is 7.98. The Morgan fingerprint density at radius 3 is 2.85 bits per heavy atom. The first-order valence-corrected chi connectivity index (χ1v) is 7.98. The van der Waals surface area contributed by atoms with E-state index < -0.39 is 5.97 Å². The average Bonchev–Trinajstić information content (AvgIpc) is 3.16. The predicted molar refractivity (Wildman–Crippen MR) is 94.7 cm³/mol. The van der Waals surface area contributed by atoms with Crippen molar-refractivity contribution in [3.8, 4) is 17.6 Å². The summed E-state index contributed by atoms with van der Waals surface area (Å²) in [5, 5.41) is 13.3. The Hall–Kier alpha value is -3.80. The second-order valence-corrected chi connectivity index (χ2v) is 5.68. The van der Waals surface area contributed by atoms with Crippen molar-refractivity contribution < 1.29 is 14.1 Å². The molecule has 0 bridgehead atoms. The van der Waals surface area contributed by atoms with Gasteiger partial charge in [-0.2, -0.15) is 10.2 Å². The number of rotatable bonds is 5. The topological polar surface area (TPSA) is 118 Å². The predicted octanol–water partition coefficient (Wildman–Crippen LogP) is 2.13. The average molecular weight is 364 g/mol. The molecule has 0 unspecified atom stereocenters. The highest BCUT2D eigenvalue weighted by Gasteiger charge is 2.19. The van der Waals surface area contributed by atoms with Gasteiger partial charge in [-0.05, 0) is 25.1 Å². The van der Waals surface area contributed by atoms with Crippen molar-refractivity contribution in [1.29, 1.82) is 5.26 Å². The molecule has 9 heteroatoms. The van der Waals surface area contributed by atoms with Crippen LogP contribution in [0.15, 0.2) is 35.0 Å². The van der Waals surface area contributed by atoms with Gasteiger partial charge in [0.2, 0.25) is 11.7 Å². The molecule has 3 aromatic heterocycles. The Morgan fingerprint density at radius 2 is 2.19 bits per heavy atom. The molecule has 0 spiro atoms. The van der Waals surface area contributed by atoms with E-state index in [1.165, 1.54) is 13.2 Å². The molecule has 3 rings (SSSR count). The highest BCUT2D eigenvalue weighted by atomic mass is 16.5. The van der Waals surface area contributed by atoms with Gasteiger partial charge in [0.05, 0.1) is 30.5 Å². The number of nitriles is 1. The Kier molecular flexibility index (Phi) is 5.08.